The second-order valence-corrected chi connectivity index (χ2v) is 8.53. The van der Waals surface area contributed by atoms with Crippen LogP contribution < -0.4 is 0 Å². The molecule has 130 valence electrons. The number of nitrogens with zero attached hydrogens (tertiary/aromatic N) is 5. The summed E-state index contributed by atoms with van der Waals surface area (Å²) < 4.78 is 6.20. The molecule has 1 aromatic carbocycles. The van der Waals surface area contributed by atoms with Crippen LogP contribution in [0.3, 0.4) is 0 Å². The molecule has 1 atom stereocenters. The Hall–Kier alpha value is -1.57. The van der Waals surface area contributed by atoms with Crippen LogP contribution in [-0.2, 0) is 13.7 Å². The third kappa shape index (κ3) is 2.74. The molecule has 1 saturated heterocycles. The van der Waals surface area contributed by atoms with Crippen molar-refractivity contribution in [3.05, 3.63) is 39.9 Å². The summed E-state index contributed by atoms with van der Waals surface area (Å²) in [5.41, 5.74) is 1.11. The summed E-state index contributed by atoms with van der Waals surface area (Å²) in [4.78, 5) is 7.37. The minimum Gasteiger partial charge on any atom is -0.307 e. The van der Waals surface area contributed by atoms with E-state index in [2.05, 4.69) is 40.8 Å². The fourth-order valence-electron chi connectivity index (χ4n) is 3.77. The number of para-hydroxylation sites is 1. The van der Waals surface area contributed by atoms with Crippen LogP contribution >= 0.6 is 23.6 Å². The Morgan fingerprint density at radius 3 is 2.88 bits per heavy atom. The van der Waals surface area contributed by atoms with E-state index in [1.807, 2.05) is 16.0 Å². The lowest BCUT2D eigenvalue weighted by Gasteiger charge is -2.22. The summed E-state index contributed by atoms with van der Waals surface area (Å²) in [5.74, 6) is 1.77. The predicted octanol–water partition coefficient (Wildman–Crippen LogP) is 4.23. The molecule has 1 aliphatic carbocycles. The van der Waals surface area contributed by atoms with Gasteiger partial charge in [-0.3, -0.25) is 4.90 Å². The standard InChI is InChI=1S/C18H21N5S2/c1-21-16(12-8-9-12)20-23(18(21)24)11-22-10-4-6-14(22)17-19-13-5-2-3-7-15(13)25-17/h2-3,5,7,12,14H,4,6,8-11H2,1H3/t14-/m0/s1. The maximum absolute atomic E-state index is 5.63. The van der Waals surface area contributed by atoms with Crippen LogP contribution in [0.5, 0.6) is 0 Å². The van der Waals surface area contributed by atoms with Gasteiger partial charge in [-0.05, 0) is 50.0 Å². The molecule has 25 heavy (non-hydrogen) atoms. The van der Waals surface area contributed by atoms with E-state index in [9.17, 15) is 0 Å². The molecule has 5 nitrogen and oxygen atoms in total. The molecular formula is C18H21N5S2. The van der Waals surface area contributed by atoms with Crippen LogP contribution in [0.2, 0.25) is 0 Å². The molecule has 0 amide bonds. The molecule has 5 rings (SSSR count). The van der Waals surface area contributed by atoms with Crippen molar-refractivity contribution in [3.63, 3.8) is 0 Å². The van der Waals surface area contributed by atoms with Crippen LogP contribution in [0, 0.1) is 4.77 Å². The highest BCUT2D eigenvalue weighted by Crippen LogP contribution is 2.39. The van der Waals surface area contributed by atoms with Crippen molar-refractivity contribution in [2.75, 3.05) is 6.54 Å². The first-order valence-electron chi connectivity index (χ1n) is 8.94. The monoisotopic (exact) mass is 371 g/mol. The first kappa shape index (κ1) is 15.7. The van der Waals surface area contributed by atoms with E-state index in [1.165, 1.54) is 29.0 Å². The molecule has 3 heterocycles. The van der Waals surface area contributed by atoms with Gasteiger partial charge in [0.15, 0.2) is 4.77 Å². The molecule has 2 aromatic heterocycles. The van der Waals surface area contributed by atoms with Crippen molar-refractivity contribution in [2.24, 2.45) is 7.05 Å². The molecule has 0 bridgehead atoms. The second-order valence-electron chi connectivity index (χ2n) is 7.11. The predicted molar refractivity (Wildman–Crippen MR) is 102 cm³/mol. The lowest BCUT2D eigenvalue weighted by atomic mass is 10.2. The minimum atomic E-state index is 0.380. The highest BCUT2D eigenvalue weighted by molar-refractivity contribution is 7.71. The van der Waals surface area contributed by atoms with Crippen molar-refractivity contribution >= 4 is 33.8 Å². The number of fused-ring (bicyclic) bond motifs is 1. The number of rotatable bonds is 4. The maximum atomic E-state index is 5.63. The third-order valence-electron chi connectivity index (χ3n) is 5.29. The van der Waals surface area contributed by atoms with Gasteiger partial charge < -0.3 is 4.57 Å². The lowest BCUT2D eigenvalue weighted by molar-refractivity contribution is 0.189. The average molecular weight is 372 g/mol. The van der Waals surface area contributed by atoms with Crippen molar-refractivity contribution in [3.8, 4) is 0 Å². The van der Waals surface area contributed by atoms with Gasteiger partial charge in [-0.15, -0.1) is 11.3 Å². The van der Waals surface area contributed by atoms with E-state index in [0.29, 0.717) is 12.0 Å². The molecule has 0 radical (unpaired) electrons. The van der Waals surface area contributed by atoms with Crippen LogP contribution in [0.4, 0.5) is 0 Å². The van der Waals surface area contributed by atoms with Crippen molar-refractivity contribution in [1.82, 2.24) is 24.2 Å². The summed E-state index contributed by atoms with van der Waals surface area (Å²) in [6.07, 6.45) is 4.86. The zero-order valence-corrected chi connectivity index (χ0v) is 15.9. The molecule has 0 N–H and O–H groups in total. The summed E-state index contributed by atoms with van der Waals surface area (Å²) in [6, 6.07) is 8.79. The molecule has 7 heteroatoms. The minimum absolute atomic E-state index is 0.380. The summed E-state index contributed by atoms with van der Waals surface area (Å²) >= 11 is 7.45. The number of hydrogen-bond acceptors (Lipinski definition) is 5. The van der Waals surface area contributed by atoms with E-state index >= 15 is 0 Å². The Morgan fingerprint density at radius 1 is 1.24 bits per heavy atom. The van der Waals surface area contributed by atoms with E-state index in [1.54, 1.807) is 0 Å². The Labute approximate surface area is 155 Å². The van der Waals surface area contributed by atoms with E-state index in [4.69, 9.17) is 22.3 Å². The SMILES string of the molecule is Cn1c(C2CC2)nn(CN2CCC[C@H]2c2nc3ccccc3s2)c1=S. The van der Waals surface area contributed by atoms with Crippen LogP contribution in [0.1, 0.15) is 48.5 Å². The number of thiazole rings is 1. The van der Waals surface area contributed by atoms with Gasteiger partial charge in [-0.1, -0.05) is 12.1 Å². The average Bonchev–Trinajstić information content (AvgIpc) is 3.10. The zero-order valence-electron chi connectivity index (χ0n) is 14.3. The van der Waals surface area contributed by atoms with Gasteiger partial charge in [0.1, 0.15) is 10.8 Å². The molecule has 2 fully saturated rings. The van der Waals surface area contributed by atoms with Crippen molar-refractivity contribution in [1.29, 1.82) is 0 Å². The number of likely N-dealkylation sites (tertiary alicyclic amines) is 1. The highest BCUT2D eigenvalue weighted by atomic mass is 32.1. The van der Waals surface area contributed by atoms with E-state index < -0.39 is 0 Å². The van der Waals surface area contributed by atoms with Gasteiger partial charge in [-0.2, -0.15) is 5.10 Å². The normalized spacial score (nSPS) is 21.4. The summed E-state index contributed by atoms with van der Waals surface area (Å²) in [5, 5.41) is 6.05. The molecule has 0 unspecified atom stereocenters. The van der Waals surface area contributed by atoms with Crippen molar-refractivity contribution in [2.45, 2.75) is 44.3 Å². The molecule has 1 saturated carbocycles. The molecule has 2 aliphatic rings. The second kappa shape index (κ2) is 6.00. The lowest BCUT2D eigenvalue weighted by Crippen LogP contribution is -2.27. The van der Waals surface area contributed by atoms with Gasteiger partial charge in [0.05, 0.1) is 22.9 Å². The first-order chi connectivity index (χ1) is 12.2. The summed E-state index contributed by atoms with van der Waals surface area (Å²) in [6.45, 7) is 1.84. The fraction of sp³-hybridized carbons (Fsp3) is 0.500. The third-order valence-corrected chi connectivity index (χ3v) is 6.91. The van der Waals surface area contributed by atoms with Crippen LogP contribution in [0.15, 0.2) is 24.3 Å². The quantitative estimate of drug-likeness (QED) is 0.643. The Kier molecular flexibility index (Phi) is 3.76. The number of aromatic nitrogens is 4. The van der Waals surface area contributed by atoms with Gasteiger partial charge in [0.25, 0.3) is 0 Å². The Bertz CT molecular complexity index is 948. The largest absolute Gasteiger partial charge is 0.307 e. The van der Waals surface area contributed by atoms with Crippen molar-refractivity contribution < 1.29 is 0 Å². The van der Waals surface area contributed by atoms with Crippen LogP contribution in [-0.4, -0.2) is 30.8 Å². The van der Waals surface area contributed by atoms with Gasteiger partial charge in [-0.25, -0.2) is 9.67 Å². The van der Waals surface area contributed by atoms with E-state index in [-0.39, 0.29) is 0 Å². The van der Waals surface area contributed by atoms with E-state index in [0.717, 1.165) is 35.7 Å². The smallest absolute Gasteiger partial charge is 0.198 e. The summed E-state index contributed by atoms with van der Waals surface area (Å²) in [7, 11) is 2.05. The number of benzene rings is 1. The van der Waals surface area contributed by atoms with Gasteiger partial charge in [0.2, 0.25) is 0 Å². The first-order valence-corrected chi connectivity index (χ1v) is 10.2. The molecule has 1 aliphatic heterocycles. The topological polar surface area (TPSA) is 38.9 Å². The molecule has 0 spiro atoms. The van der Waals surface area contributed by atoms with Gasteiger partial charge >= 0.3 is 0 Å². The molecular weight excluding hydrogens is 350 g/mol. The Balaban J connectivity index is 1.43. The zero-order chi connectivity index (χ0) is 17.0. The Morgan fingerprint density at radius 2 is 2.08 bits per heavy atom. The van der Waals surface area contributed by atoms with Crippen LogP contribution in [0.25, 0.3) is 10.2 Å². The maximum Gasteiger partial charge on any atom is 0.198 e. The number of hydrogen-bond donors (Lipinski definition) is 0. The van der Waals surface area contributed by atoms with Gasteiger partial charge in [0, 0.05) is 19.5 Å². The highest BCUT2D eigenvalue weighted by Gasteiger charge is 2.32. The fourth-order valence-corrected chi connectivity index (χ4v) is 5.10. The molecule has 3 aromatic rings.